The first kappa shape index (κ1) is 27.1. The molecule has 0 N–H and O–H groups in total. The molecule has 4 aliphatic rings. The Labute approximate surface area is 269 Å². The van der Waals surface area contributed by atoms with Crippen molar-refractivity contribution < 1.29 is 0 Å². The fourth-order valence-electron chi connectivity index (χ4n) is 9.09. The number of benzene rings is 4. The molecule has 0 aliphatic heterocycles. The number of nitrogens with zero attached hydrogens (tertiary/aromatic N) is 5. The molecule has 5 heteroatoms. The molecule has 46 heavy (non-hydrogen) atoms. The average molecular weight is 596 g/mol. The molecule has 6 aromatic rings. The highest BCUT2D eigenvalue weighted by Crippen LogP contribution is 2.60. The highest BCUT2D eigenvalue weighted by Gasteiger charge is 2.51. The summed E-state index contributed by atoms with van der Waals surface area (Å²) in [4.78, 5) is 19.3. The number of rotatable bonds is 5. The van der Waals surface area contributed by atoms with Crippen LogP contribution in [0.25, 0.3) is 56.2 Å². The Morgan fingerprint density at radius 2 is 1.13 bits per heavy atom. The van der Waals surface area contributed by atoms with Gasteiger partial charge >= 0.3 is 0 Å². The van der Waals surface area contributed by atoms with Gasteiger partial charge in [0, 0.05) is 28.3 Å². The summed E-state index contributed by atoms with van der Waals surface area (Å²) in [5.41, 5.74) is 8.22. The van der Waals surface area contributed by atoms with Crippen LogP contribution in [0.1, 0.15) is 49.7 Å². The van der Waals surface area contributed by atoms with E-state index in [4.69, 9.17) is 15.0 Å². The summed E-state index contributed by atoms with van der Waals surface area (Å²) in [5, 5.41) is 10.5. The van der Waals surface area contributed by atoms with Crippen molar-refractivity contribution in [3.63, 3.8) is 0 Å². The largest absolute Gasteiger partial charge is 0.255 e. The van der Waals surface area contributed by atoms with Crippen molar-refractivity contribution >= 4 is 10.9 Å². The predicted octanol–water partition coefficient (Wildman–Crippen LogP) is 9.43. The molecule has 4 bridgehead atoms. The van der Waals surface area contributed by atoms with Crippen LogP contribution in [0.4, 0.5) is 0 Å². The second kappa shape index (κ2) is 10.7. The third kappa shape index (κ3) is 4.60. The van der Waals surface area contributed by atoms with E-state index in [0.717, 1.165) is 39.8 Å². The SMILES string of the molecule is N#Cc1ccc(-c2nc(-c3ccccc3)nc(-c3ccc(-c4ccc(C56CC7C[C@H](C5)C[C@@H](C7)C6)cc4)cc3)n2)c2cccnc12. The van der Waals surface area contributed by atoms with Gasteiger partial charge in [-0.3, -0.25) is 4.98 Å². The van der Waals surface area contributed by atoms with Crippen LogP contribution in [-0.4, -0.2) is 19.9 Å². The average Bonchev–Trinajstić information content (AvgIpc) is 3.11. The molecule has 0 amide bonds. The number of aromatic nitrogens is 4. The van der Waals surface area contributed by atoms with Gasteiger partial charge in [0.2, 0.25) is 0 Å². The minimum atomic E-state index is 0.417. The van der Waals surface area contributed by atoms with Gasteiger partial charge < -0.3 is 0 Å². The van der Waals surface area contributed by atoms with E-state index >= 15 is 0 Å². The summed E-state index contributed by atoms with van der Waals surface area (Å²) in [6, 6.07) is 37.8. The number of hydrogen-bond acceptors (Lipinski definition) is 5. The number of pyridine rings is 1. The van der Waals surface area contributed by atoms with E-state index in [2.05, 4.69) is 59.6 Å². The van der Waals surface area contributed by atoms with Gasteiger partial charge in [-0.1, -0.05) is 84.9 Å². The van der Waals surface area contributed by atoms with Crippen molar-refractivity contribution in [3.8, 4) is 51.4 Å². The summed E-state index contributed by atoms with van der Waals surface area (Å²) in [5.74, 6) is 4.60. The Morgan fingerprint density at radius 1 is 0.565 bits per heavy atom. The quantitative estimate of drug-likeness (QED) is 0.198. The maximum Gasteiger partial charge on any atom is 0.164 e. The molecule has 0 atom stereocenters. The maximum atomic E-state index is 9.67. The predicted molar refractivity (Wildman–Crippen MR) is 181 cm³/mol. The molecule has 222 valence electrons. The van der Waals surface area contributed by atoms with E-state index in [1.165, 1.54) is 49.7 Å². The van der Waals surface area contributed by atoms with Crippen molar-refractivity contribution in [1.82, 2.24) is 19.9 Å². The molecule has 4 aromatic carbocycles. The van der Waals surface area contributed by atoms with Crippen LogP contribution in [0.2, 0.25) is 0 Å². The molecule has 0 spiro atoms. The third-order valence-corrected chi connectivity index (χ3v) is 10.8. The summed E-state index contributed by atoms with van der Waals surface area (Å²) in [6.07, 6.45) is 10.3. The first-order valence-corrected chi connectivity index (χ1v) is 16.5. The molecule has 0 saturated heterocycles. The van der Waals surface area contributed by atoms with Crippen molar-refractivity contribution in [3.05, 3.63) is 120 Å². The van der Waals surface area contributed by atoms with E-state index in [1.807, 2.05) is 48.5 Å². The van der Waals surface area contributed by atoms with Crippen LogP contribution in [0.3, 0.4) is 0 Å². The van der Waals surface area contributed by atoms with Gasteiger partial charge in [-0.25, -0.2) is 15.0 Å². The first-order chi connectivity index (χ1) is 22.6. The van der Waals surface area contributed by atoms with Gasteiger partial charge in [0.25, 0.3) is 0 Å². The number of fused-ring (bicyclic) bond motifs is 1. The van der Waals surface area contributed by atoms with Crippen LogP contribution in [-0.2, 0) is 5.41 Å². The minimum Gasteiger partial charge on any atom is -0.255 e. The van der Waals surface area contributed by atoms with E-state index in [0.29, 0.717) is 34.0 Å². The van der Waals surface area contributed by atoms with Crippen LogP contribution in [0, 0.1) is 29.1 Å². The highest BCUT2D eigenvalue weighted by atomic mass is 15.0. The van der Waals surface area contributed by atoms with Gasteiger partial charge in [0.15, 0.2) is 17.5 Å². The second-order valence-electron chi connectivity index (χ2n) is 13.7. The molecule has 5 nitrogen and oxygen atoms in total. The second-order valence-corrected chi connectivity index (χ2v) is 13.7. The smallest absolute Gasteiger partial charge is 0.164 e. The lowest BCUT2D eigenvalue weighted by Gasteiger charge is -2.57. The number of nitriles is 1. The molecule has 0 radical (unpaired) electrons. The fourth-order valence-corrected chi connectivity index (χ4v) is 9.09. The molecule has 0 unspecified atom stereocenters. The Morgan fingerprint density at radius 3 is 1.76 bits per heavy atom. The molecule has 2 aromatic heterocycles. The Hall–Kier alpha value is -5.21. The minimum absolute atomic E-state index is 0.417. The Bertz CT molecular complexity index is 2090. The molecule has 4 fully saturated rings. The van der Waals surface area contributed by atoms with Gasteiger partial charge in [0.05, 0.1) is 11.1 Å². The molecular formula is C41H33N5. The lowest BCUT2D eigenvalue weighted by atomic mass is 9.48. The van der Waals surface area contributed by atoms with Crippen molar-refractivity contribution in [1.29, 1.82) is 5.26 Å². The third-order valence-electron chi connectivity index (χ3n) is 10.8. The summed E-state index contributed by atoms with van der Waals surface area (Å²) >= 11 is 0. The monoisotopic (exact) mass is 595 g/mol. The lowest BCUT2D eigenvalue weighted by Crippen LogP contribution is -2.48. The molecule has 4 aliphatic carbocycles. The van der Waals surface area contributed by atoms with Crippen LogP contribution in [0.15, 0.2) is 109 Å². The van der Waals surface area contributed by atoms with E-state index in [1.54, 1.807) is 17.8 Å². The van der Waals surface area contributed by atoms with Crippen LogP contribution < -0.4 is 0 Å². The highest BCUT2D eigenvalue weighted by molar-refractivity contribution is 5.96. The Kier molecular flexibility index (Phi) is 6.31. The zero-order chi connectivity index (χ0) is 30.7. The normalized spacial score (nSPS) is 23.0. The zero-order valence-corrected chi connectivity index (χ0v) is 25.6. The van der Waals surface area contributed by atoms with Gasteiger partial charge in [0.1, 0.15) is 6.07 Å². The zero-order valence-electron chi connectivity index (χ0n) is 25.6. The summed E-state index contributed by atoms with van der Waals surface area (Å²) in [6.45, 7) is 0. The maximum absolute atomic E-state index is 9.67. The standard InChI is InChI=1S/C41H33N5/c42-25-33-14-17-36(35-7-4-18-43-37(33)35)40-45-38(31-5-2-1-3-6-31)44-39(46-40)32-10-8-29(9-11-32)30-12-15-34(16-13-30)41-22-26-19-27(23-41)21-28(20-26)24-41/h1-18,26-28H,19-24H2/t26-,27+,28?,41?. The molecule has 4 saturated carbocycles. The van der Waals surface area contributed by atoms with Crippen molar-refractivity contribution in [2.45, 2.75) is 43.9 Å². The van der Waals surface area contributed by atoms with Gasteiger partial charge in [-0.15, -0.1) is 0 Å². The van der Waals surface area contributed by atoms with Gasteiger partial charge in [-0.05, 0) is 96.6 Å². The Balaban J connectivity index is 1.07. The molecule has 10 rings (SSSR count). The topological polar surface area (TPSA) is 75.3 Å². The van der Waals surface area contributed by atoms with E-state index in [9.17, 15) is 5.26 Å². The number of hydrogen-bond donors (Lipinski definition) is 0. The molecular weight excluding hydrogens is 562 g/mol. The van der Waals surface area contributed by atoms with Crippen molar-refractivity contribution in [2.24, 2.45) is 17.8 Å². The summed E-state index contributed by atoms with van der Waals surface area (Å²) in [7, 11) is 0. The van der Waals surface area contributed by atoms with Gasteiger partial charge in [-0.2, -0.15) is 5.26 Å². The first-order valence-electron chi connectivity index (χ1n) is 16.5. The van der Waals surface area contributed by atoms with Crippen LogP contribution >= 0.6 is 0 Å². The summed E-state index contributed by atoms with van der Waals surface area (Å²) < 4.78 is 0. The van der Waals surface area contributed by atoms with E-state index < -0.39 is 0 Å². The lowest BCUT2D eigenvalue weighted by molar-refractivity contribution is -0.00518. The molecule has 2 heterocycles. The fraction of sp³-hybridized carbons (Fsp3) is 0.244. The van der Waals surface area contributed by atoms with Crippen molar-refractivity contribution in [2.75, 3.05) is 0 Å². The van der Waals surface area contributed by atoms with Crippen LogP contribution in [0.5, 0.6) is 0 Å². The van der Waals surface area contributed by atoms with E-state index in [-0.39, 0.29) is 0 Å².